The highest BCUT2D eigenvalue weighted by Gasteiger charge is 2.21. The van der Waals surface area contributed by atoms with Gasteiger partial charge in [-0.1, -0.05) is 23.2 Å². The van der Waals surface area contributed by atoms with Crippen molar-refractivity contribution < 1.29 is 19.1 Å². The number of halogens is 2. The predicted octanol–water partition coefficient (Wildman–Crippen LogP) is 5.62. The van der Waals surface area contributed by atoms with Crippen LogP contribution in [0.15, 0.2) is 58.5 Å². The summed E-state index contributed by atoms with van der Waals surface area (Å²) in [4.78, 5) is 33.6. The summed E-state index contributed by atoms with van der Waals surface area (Å²) in [6, 6.07) is 12.2. The summed E-state index contributed by atoms with van der Waals surface area (Å²) in [5.74, 6) is -0.749. The molecule has 0 spiro atoms. The average molecular weight is 473 g/mol. The molecular formula is C20H10Cl2N4O6. The van der Waals surface area contributed by atoms with Gasteiger partial charge < -0.3 is 9.73 Å². The van der Waals surface area contributed by atoms with Crippen LogP contribution in [0.25, 0.3) is 17.4 Å². The molecular weight excluding hydrogens is 463 g/mol. The molecule has 3 aromatic rings. The van der Waals surface area contributed by atoms with Crippen molar-refractivity contribution in [1.29, 1.82) is 5.26 Å². The first-order chi connectivity index (χ1) is 15.2. The molecule has 0 aliphatic carbocycles. The van der Waals surface area contributed by atoms with Crippen LogP contribution < -0.4 is 5.32 Å². The molecule has 0 aliphatic heterocycles. The van der Waals surface area contributed by atoms with E-state index in [1.54, 1.807) is 6.07 Å². The largest absolute Gasteiger partial charge is 0.456 e. The van der Waals surface area contributed by atoms with E-state index in [0.717, 1.165) is 12.1 Å². The Bertz CT molecular complexity index is 1330. The summed E-state index contributed by atoms with van der Waals surface area (Å²) in [5, 5.41) is 34.4. The summed E-state index contributed by atoms with van der Waals surface area (Å²) >= 11 is 11.6. The Morgan fingerprint density at radius 1 is 1.00 bits per heavy atom. The minimum Gasteiger partial charge on any atom is -0.456 e. The smallest absolute Gasteiger partial charge is 0.294 e. The van der Waals surface area contributed by atoms with Crippen LogP contribution in [0.2, 0.25) is 10.0 Å². The molecule has 1 N–H and O–H groups in total. The second-order valence-electron chi connectivity index (χ2n) is 6.16. The molecule has 0 bridgehead atoms. The van der Waals surface area contributed by atoms with Crippen molar-refractivity contribution in [3.05, 3.63) is 90.1 Å². The molecule has 0 saturated carbocycles. The number of rotatable bonds is 6. The Morgan fingerprint density at radius 3 is 2.25 bits per heavy atom. The van der Waals surface area contributed by atoms with Crippen LogP contribution in [0.1, 0.15) is 5.76 Å². The zero-order valence-electron chi connectivity index (χ0n) is 15.7. The molecule has 3 rings (SSSR count). The van der Waals surface area contributed by atoms with E-state index in [2.05, 4.69) is 5.32 Å². The Balaban J connectivity index is 1.90. The fourth-order valence-corrected chi connectivity index (χ4v) is 3.01. The second kappa shape index (κ2) is 9.30. The van der Waals surface area contributed by atoms with Gasteiger partial charge in [0.2, 0.25) is 0 Å². The van der Waals surface area contributed by atoms with Crippen molar-refractivity contribution in [2.24, 2.45) is 0 Å². The van der Waals surface area contributed by atoms with E-state index in [1.807, 2.05) is 0 Å². The number of benzene rings is 2. The van der Waals surface area contributed by atoms with Crippen molar-refractivity contribution in [1.82, 2.24) is 0 Å². The first-order valence-electron chi connectivity index (χ1n) is 8.61. The number of hydrogen-bond acceptors (Lipinski definition) is 7. The minimum atomic E-state index is -0.923. The molecule has 0 unspecified atom stereocenters. The number of nitro groups is 2. The number of nitriles is 1. The number of carbonyl (C=O) groups excluding carboxylic acids is 1. The van der Waals surface area contributed by atoms with Crippen molar-refractivity contribution in [2.75, 3.05) is 5.32 Å². The fraction of sp³-hybridized carbons (Fsp3) is 0. The van der Waals surface area contributed by atoms with Crippen LogP contribution in [0.4, 0.5) is 17.1 Å². The Kier molecular flexibility index (Phi) is 6.53. The number of hydrogen-bond donors (Lipinski definition) is 1. The van der Waals surface area contributed by atoms with Gasteiger partial charge in [-0.15, -0.1) is 0 Å². The highest BCUT2D eigenvalue weighted by Crippen LogP contribution is 2.34. The normalized spacial score (nSPS) is 11.0. The number of amides is 1. The van der Waals surface area contributed by atoms with Crippen molar-refractivity contribution in [3.8, 4) is 17.4 Å². The summed E-state index contributed by atoms with van der Waals surface area (Å²) in [6.07, 6.45) is 1.10. The number of furan rings is 1. The maximum atomic E-state index is 12.5. The minimum absolute atomic E-state index is 0.0570. The number of nitrogens with one attached hydrogen (secondary N) is 1. The Labute approximate surface area is 189 Å². The average Bonchev–Trinajstić information content (AvgIpc) is 3.21. The molecule has 0 saturated heterocycles. The maximum absolute atomic E-state index is 12.5. The van der Waals surface area contributed by atoms with Crippen LogP contribution in [0, 0.1) is 31.6 Å². The van der Waals surface area contributed by atoms with Crippen LogP contribution in [-0.2, 0) is 4.79 Å². The monoisotopic (exact) mass is 472 g/mol. The van der Waals surface area contributed by atoms with E-state index in [0.29, 0.717) is 0 Å². The topological polar surface area (TPSA) is 152 Å². The van der Waals surface area contributed by atoms with Gasteiger partial charge in [-0.3, -0.25) is 25.0 Å². The van der Waals surface area contributed by atoms with Gasteiger partial charge in [0.15, 0.2) is 0 Å². The van der Waals surface area contributed by atoms with E-state index >= 15 is 0 Å². The lowest BCUT2D eigenvalue weighted by molar-refractivity contribution is -0.384. The quantitative estimate of drug-likeness (QED) is 0.211. The zero-order valence-corrected chi connectivity index (χ0v) is 17.3. The number of nitro benzene ring substituents is 2. The predicted molar refractivity (Wildman–Crippen MR) is 116 cm³/mol. The summed E-state index contributed by atoms with van der Waals surface area (Å²) in [6.45, 7) is 0. The third kappa shape index (κ3) is 4.92. The molecule has 160 valence electrons. The molecule has 0 fully saturated rings. The van der Waals surface area contributed by atoms with Gasteiger partial charge in [-0.05, 0) is 36.4 Å². The number of carbonyl (C=O) groups is 1. The molecule has 10 nitrogen and oxygen atoms in total. The van der Waals surface area contributed by atoms with Crippen LogP contribution in [0.5, 0.6) is 0 Å². The lowest BCUT2D eigenvalue weighted by Gasteiger charge is -2.05. The second-order valence-corrected chi connectivity index (χ2v) is 7.04. The molecule has 1 amide bonds. The van der Waals surface area contributed by atoms with Gasteiger partial charge in [0, 0.05) is 28.3 Å². The first-order valence-corrected chi connectivity index (χ1v) is 9.36. The fourth-order valence-electron chi connectivity index (χ4n) is 2.68. The molecule has 1 heterocycles. The van der Waals surface area contributed by atoms with E-state index < -0.39 is 27.0 Å². The Morgan fingerprint density at radius 2 is 1.62 bits per heavy atom. The zero-order chi connectivity index (χ0) is 23.4. The third-order valence-electron chi connectivity index (χ3n) is 4.11. The summed E-state index contributed by atoms with van der Waals surface area (Å²) in [7, 11) is 0. The van der Waals surface area contributed by atoms with Crippen molar-refractivity contribution in [2.45, 2.75) is 0 Å². The molecule has 12 heteroatoms. The molecule has 2 aromatic carbocycles. The Hall–Kier alpha value is -4.20. The van der Waals surface area contributed by atoms with Crippen molar-refractivity contribution in [3.63, 3.8) is 0 Å². The van der Waals surface area contributed by atoms with Crippen molar-refractivity contribution >= 4 is 52.2 Å². The van der Waals surface area contributed by atoms with Gasteiger partial charge in [-0.25, -0.2) is 0 Å². The third-order valence-corrected chi connectivity index (χ3v) is 4.58. The number of nitrogens with zero attached hydrogens (tertiary/aromatic N) is 3. The van der Waals surface area contributed by atoms with Gasteiger partial charge in [-0.2, -0.15) is 5.26 Å². The molecule has 0 aliphatic rings. The maximum Gasteiger partial charge on any atom is 0.294 e. The summed E-state index contributed by atoms with van der Waals surface area (Å²) < 4.78 is 5.53. The van der Waals surface area contributed by atoms with E-state index in [-0.39, 0.29) is 38.5 Å². The SMILES string of the molecule is N#CC(=Cc1ccc(-c2ccc(Cl)cc2[N+](=O)[O-])o1)C(=O)Nc1ccc(Cl)cc1[N+](=O)[O-]. The van der Waals surface area contributed by atoms with E-state index in [4.69, 9.17) is 27.6 Å². The van der Waals surface area contributed by atoms with E-state index in [1.165, 1.54) is 42.5 Å². The molecule has 32 heavy (non-hydrogen) atoms. The number of anilines is 1. The van der Waals surface area contributed by atoms with E-state index in [9.17, 15) is 30.3 Å². The molecule has 0 atom stereocenters. The van der Waals surface area contributed by atoms with Gasteiger partial charge in [0.05, 0.1) is 15.4 Å². The first kappa shape index (κ1) is 22.5. The van der Waals surface area contributed by atoms with Crippen LogP contribution in [0.3, 0.4) is 0 Å². The van der Waals surface area contributed by atoms with Crippen LogP contribution in [-0.4, -0.2) is 15.8 Å². The van der Waals surface area contributed by atoms with Gasteiger partial charge in [0.1, 0.15) is 28.9 Å². The highest BCUT2D eigenvalue weighted by atomic mass is 35.5. The summed E-state index contributed by atoms with van der Waals surface area (Å²) in [5.41, 5.74) is -1.14. The van der Waals surface area contributed by atoms with Gasteiger partial charge >= 0.3 is 0 Å². The lowest BCUT2D eigenvalue weighted by Crippen LogP contribution is -2.14. The highest BCUT2D eigenvalue weighted by molar-refractivity contribution is 6.31. The standard InChI is InChI=1S/C20H10Cl2N4O6/c21-12-1-4-15(17(8-12)25(28)29)19-6-3-14(32-19)7-11(10-23)20(27)24-16-5-2-13(22)9-18(16)26(30)31/h1-9H,(H,24,27). The van der Waals surface area contributed by atoms with Gasteiger partial charge in [0.25, 0.3) is 17.3 Å². The molecule has 1 aromatic heterocycles. The van der Waals surface area contributed by atoms with Crippen LogP contribution >= 0.6 is 23.2 Å². The lowest BCUT2D eigenvalue weighted by atomic mass is 10.1. The molecule has 0 radical (unpaired) electrons.